The second-order valence-electron chi connectivity index (χ2n) is 7.77. The molecule has 29 heavy (non-hydrogen) atoms. The number of nitrogens with zero attached hydrogens (tertiary/aromatic N) is 2. The van der Waals surface area contributed by atoms with Crippen LogP contribution in [-0.4, -0.2) is 60.3 Å². The second kappa shape index (κ2) is 9.26. The van der Waals surface area contributed by atoms with Gasteiger partial charge in [-0.15, -0.1) is 0 Å². The molecule has 1 fully saturated rings. The Kier molecular flexibility index (Phi) is 6.95. The maximum absolute atomic E-state index is 13.0. The standard InChI is InChI=1S/C22H31N3O3S/c1-17-5-10-22(18(2)15-17)29(26,27)23-16-21(25-11-13-28-14-12-25)19-6-8-20(9-7-19)24(3)4/h5-10,15,21,23H,11-14,16H2,1-4H3/t21-/m1/s1. The van der Waals surface area contributed by atoms with Crippen LogP contribution >= 0.6 is 0 Å². The Morgan fingerprint density at radius 3 is 2.31 bits per heavy atom. The average molecular weight is 418 g/mol. The first kappa shape index (κ1) is 21.8. The van der Waals surface area contributed by atoms with Crippen molar-refractivity contribution in [2.45, 2.75) is 24.8 Å². The van der Waals surface area contributed by atoms with Gasteiger partial charge in [-0.1, -0.05) is 29.8 Å². The molecule has 2 aromatic rings. The Labute approximate surface area is 174 Å². The Morgan fingerprint density at radius 2 is 1.72 bits per heavy atom. The minimum absolute atomic E-state index is 0.0457. The van der Waals surface area contributed by atoms with Crippen molar-refractivity contribution in [3.8, 4) is 0 Å². The highest BCUT2D eigenvalue weighted by Gasteiger charge is 2.25. The summed E-state index contributed by atoms with van der Waals surface area (Å²) in [5, 5.41) is 0. The van der Waals surface area contributed by atoms with E-state index in [0.717, 1.165) is 35.5 Å². The molecule has 6 nitrogen and oxygen atoms in total. The van der Waals surface area contributed by atoms with E-state index < -0.39 is 10.0 Å². The lowest BCUT2D eigenvalue weighted by Gasteiger charge is -2.35. The van der Waals surface area contributed by atoms with E-state index in [1.165, 1.54) is 0 Å². The largest absolute Gasteiger partial charge is 0.379 e. The molecular formula is C22H31N3O3S. The summed E-state index contributed by atoms with van der Waals surface area (Å²) in [4.78, 5) is 4.68. The molecule has 1 heterocycles. The lowest BCUT2D eigenvalue weighted by Crippen LogP contribution is -2.43. The Balaban J connectivity index is 1.82. The number of anilines is 1. The molecular weight excluding hydrogens is 386 g/mol. The molecule has 1 saturated heterocycles. The molecule has 0 radical (unpaired) electrons. The van der Waals surface area contributed by atoms with E-state index in [1.807, 2.05) is 40.1 Å². The van der Waals surface area contributed by atoms with Crippen molar-refractivity contribution in [1.82, 2.24) is 9.62 Å². The third-order valence-electron chi connectivity index (χ3n) is 5.37. The van der Waals surface area contributed by atoms with Crippen LogP contribution in [0.25, 0.3) is 0 Å². The summed E-state index contributed by atoms with van der Waals surface area (Å²) in [5.41, 5.74) is 4.02. The predicted octanol–water partition coefficient (Wildman–Crippen LogP) is 2.72. The summed E-state index contributed by atoms with van der Waals surface area (Å²) >= 11 is 0. The van der Waals surface area contributed by atoms with Gasteiger partial charge in [0.2, 0.25) is 10.0 Å². The maximum Gasteiger partial charge on any atom is 0.240 e. The van der Waals surface area contributed by atoms with Crippen LogP contribution in [-0.2, 0) is 14.8 Å². The molecule has 0 amide bonds. The number of hydrogen-bond acceptors (Lipinski definition) is 5. The number of benzene rings is 2. The van der Waals surface area contributed by atoms with Crippen molar-refractivity contribution in [3.05, 3.63) is 59.2 Å². The zero-order chi connectivity index (χ0) is 21.0. The third-order valence-corrected chi connectivity index (χ3v) is 6.95. The van der Waals surface area contributed by atoms with Gasteiger partial charge in [0.15, 0.2) is 0 Å². The minimum atomic E-state index is -3.59. The van der Waals surface area contributed by atoms with Crippen LogP contribution in [0.5, 0.6) is 0 Å². The quantitative estimate of drug-likeness (QED) is 0.751. The molecule has 1 aliphatic heterocycles. The van der Waals surface area contributed by atoms with E-state index in [9.17, 15) is 8.42 Å². The van der Waals surface area contributed by atoms with Gasteiger partial charge in [0.25, 0.3) is 0 Å². The van der Waals surface area contributed by atoms with Gasteiger partial charge in [-0.25, -0.2) is 13.1 Å². The highest BCUT2D eigenvalue weighted by Crippen LogP contribution is 2.25. The fourth-order valence-corrected chi connectivity index (χ4v) is 4.97. The summed E-state index contributed by atoms with van der Waals surface area (Å²) in [5.74, 6) is 0. The van der Waals surface area contributed by atoms with Gasteiger partial charge >= 0.3 is 0 Å². The molecule has 0 bridgehead atoms. The van der Waals surface area contributed by atoms with E-state index >= 15 is 0 Å². The smallest absolute Gasteiger partial charge is 0.240 e. The Hall–Kier alpha value is -1.93. The summed E-state index contributed by atoms with van der Waals surface area (Å²) in [6, 6.07) is 13.7. The summed E-state index contributed by atoms with van der Waals surface area (Å²) in [6.45, 7) is 7.00. The molecule has 0 aromatic heterocycles. The van der Waals surface area contributed by atoms with E-state index in [-0.39, 0.29) is 6.04 Å². The first-order chi connectivity index (χ1) is 13.8. The summed E-state index contributed by atoms with van der Waals surface area (Å²) in [7, 11) is 0.426. The van der Waals surface area contributed by atoms with E-state index in [2.05, 4.69) is 38.8 Å². The molecule has 0 unspecified atom stereocenters. The Bertz CT molecular complexity index is 921. The highest BCUT2D eigenvalue weighted by molar-refractivity contribution is 7.89. The third kappa shape index (κ3) is 5.36. The SMILES string of the molecule is Cc1ccc(S(=O)(=O)NC[C@H](c2ccc(N(C)C)cc2)N2CCOCC2)c(C)c1. The van der Waals surface area contributed by atoms with E-state index in [1.54, 1.807) is 6.07 Å². The molecule has 3 rings (SSSR count). The number of ether oxygens (including phenoxy) is 1. The van der Waals surface area contributed by atoms with E-state index in [4.69, 9.17) is 4.74 Å². The molecule has 0 saturated carbocycles. The lowest BCUT2D eigenvalue weighted by atomic mass is 10.0. The fraction of sp³-hybridized carbons (Fsp3) is 0.455. The van der Waals surface area contributed by atoms with Crippen LogP contribution in [0.2, 0.25) is 0 Å². The lowest BCUT2D eigenvalue weighted by molar-refractivity contribution is 0.0172. The van der Waals surface area contributed by atoms with Crippen LogP contribution in [0.4, 0.5) is 5.69 Å². The Morgan fingerprint density at radius 1 is 1.07 bits per heavy atom. The van der Waals surface area contributed by atoms with Gasteiger partial charge in [0, 0.05) is 45.5 Å². The van der Waals surface area contributed by atoms with Crippen molar-refractivity contribution in [1.29, 1.82) is 0 Å². The van der Waals surface area contributed by atoms with Crippen LogP contribution in [0.15, 0.2) is 47.4 Å². The minimum Gasteiger partial charge on any atom is -0.379 e. The first-order valence-electron chi connectivity index (χ1n) is 9.94. The number of aryl methyl sites for hydroxylation is 2. The molecule has 0 spiro atoms. The van der Waals surface area contributed by atoms with Gasteiger partial charge in [-0.2, -0.15) is 0 Å². The number of morpholine rings is 1. The molecule has 1 N–H and O–H groups in total. The second-order valence-corrected chi connectivity index (χ2v) is 9.51. The van der Waals surface area contributed by atoms with Gasteiger partial charge in [0.05, 0.1) is 18.1 Å². The van der Waals surface area contributed by atoms with Gasteiger partial charge in [-0.3, -0.25) is 4.90 Å². The molecule has 1 aliphatic rings. The molecule has 2 aromatic carbocycles. The number of sulfonamides is 1. The van der Waals surface area contributed by atoms with Gasteiger partial charge in [0.1, 0.15) is 0 Å². The summed E-state index contributed by atoms with van der Waals surface area (Å²) < 4.78 is 34.3. The van der Waals surface area contributed by atoms with Crippen LogP contribution in [0.3, 0.4) is 0 Å². The van der Waals surface area contributed by atoms with Crippen molar-refractivity contribution in [2.75, 3.05) is 51.8 Å². The number of hydrogen-bond donors (Lipinski definition) is 1. The highest BCUT2D eigenvalue weighted by atomic mass is 32.2. The van der Waals surface area contributed by atoms with Crippen molar-refractivity contribution >= 4 is 15.7 Å². The van der Waals surface area contributed by atoms with Crippen molar-refractivity contribution < 1.29 is 13.2 Å². The van der Waals surface area contributed by atoms with Crippen molar-refractivity contribution in [3.63, 3.8) is 0 Å². The number of rotatable bonds is 7. The monoisotopic (exact) mass is 417 g/mol. The molecule has 0 aliphatic carbocycles. The molecule has 158 valence electrons. The summed E-state index contributed by atoms with van der Waals surface area (Å²) in [6.07, 6.45) is 0. The number of nitrogens with one attached hydrogen (secondary N) is 1. The fourth-order valence-electron chi connectivity index (χ4n) is 3.71. The topological polar surface area (TPSA) is 61.9 Å². The predicted molar refractivity (Wildman–Crippen MR) is 117 cm³/mol. The van der Waals surface area contributed by atoms with E-state index in [0.29, 0.717) is 24.7 Å². The maximum atomic E-state index is 13.0. The zero-order valence-electron chi connectivity index (χ0n) is 17.7. The van der Waals surface area contributed by atoms with Crippen LogP contribution < -0.4 is 9.62 Å². The zero-order valence-corrected chi connectivity index (χ0v) is 18.5. The van der Waals surface area contributed by atoms with Gasteiger partial charge in [-0.05, 0) is 43.2 Å². The first-order valence-corrected chi connectivity index (χ1v) is 11.4. The average Bonchev–Trinajstić information content (AvgIpc) is 2.69. The normalized spacial score (nSPS) is 16.6. The van der Waals surface area contributed by atoms with Crippen molar-refractivity contribution in [2.24, 2.45) is 0 Å². The van der Waals surface area contributed by atoms with Crippen LogP contribution in [0.1, 0.15) is 22.7 Å². The molecule has 7 heteroatoms. The molecule has 1 atom stereocenters. The van der Waals surface area contributed by atoms with Crippen LogP contribution in [0, 0.1) is 13.8 Å². The van der Waals surface area contributed by atoms with Gasteiger partial charge < -0.3 is 9.64 Å².